The zero-order valence-electron chi connectivity index (χ0n) is 10.6. The number of hydrogen-bond donors (Lipinski definition) is 2. The maximum Gasteiger partial charge on any atom is 0.407 e. The third-order valence-corrected chi connectivity index (χ3v) is 2.23. The summed E-state index contributed by atoms with van der Waals surface area (Å²) in [6.07, 6.45) is -0.400. The number of rotatable bonds is 2. The number of carbonyl (C=O) groups is 1. The van der Waals surface area contributed by atoms with E-state index < -0.39 is 11.7 Å². The van der Waals surface area contributed by atoms with Gasteiger partial charge in [-0.05, 0) is 27.7 Å². The normalized spacial score (nSPS) is 26.2. The molecule has 2 N–H and O–H groups in total. The summed E-state index contributed by atoms with van der Waals surface area (Å²) >= 11 is 0. The van der Waals surface area contributed by atoms with Gasteiger partial charge in [0.25, 0.3) is 0 Å². The van der Waals surface area contributed by atoms with E-state index in [1.54, 1.807) is 0 Å². The topological polar surface area (TPSA) is 59.6 Å². The number of alkyl carbamates (subject to hydrolysis) is 1. The Kier molecular flexibility index (Phi) is 4.15. The van der Waals surface area contributed by atoms with Crippen LogP contribution < -0.4 is 10.6 Å². The highest BCUT2D eigenvalue weighted by atomic mass is 16.6. The van der Waals surface area contributed by atoms with Gasteiger partial charge in [0, 0.05) is 13.1 Å². The SMILES string of the molecule is CC(C)(C)OC(=O)NCC1(C)CNCCO1. The first-order valence-electron chi connectivity index (χ1n) is 5.62. The van der Waals surface area contributed by atoms with Gasteiger partial charge in [0.1, 0.15) is 5.60 Å². The lowest BCUT2D eigenvalue weighted by atomic mass is 10.1. The molecule has 0 radical (unpaired) electrons. The fourth-order valence-electron chi connectivity index (χ4n) is 1.46. The Morgan fingerprint density at radius 1 is 1.56 bits per heavy atom. The molecule has 0 spiro atoms. The van der Waals surface area contributed by atoms with E-state index in [1.165, 1.54) is 0 Å². The van der Waals surface area contributed by atoms with Crippen molar-refractivity contribution < 1.29 is 14.3 Å². The molecule has 1 amide bonds. The molecular weight excluding hydrogens is 208 g/mol. The number of nitrogens with one attached hydrogen (secondary N) is 2. The Labute approximate surface area is 96.9 Å². The summed E-state index contributed by atoms with van der Waals surface area (Å²) in [5.74, 6) is 0. The van der Waals surface area contributed by atoms with Crippen molar-refractivity contribution in [1.29, 1.82) is 0 Å². The van der Waals surface area contributed by atoms with E-state index in [2.05, 4.69) is 10.6 Å². The second kappa shape index (κ2) is 5.01. The van der Waals surface area contributed by atoms with Crippen LogP contribution in [0, 0.1) is 0 Å². The highest BCUT2D eigenvalue weighted by Crippen LogP contribution is 2.11. The predicted octanol–water partition coefficient (Wildman–Crippen LogP) is 0.890. The van der Waals surface area contributed by atoms with Crippen molar-refractivity contribution in [3.05, 3.63) is 0 Å². The highest BCUT2D eigenvalue weighted by Gasteiger charge is 2.29. The molecule has 1 rings (SSSR count). The van der Waals surface area contributed by atoms with E-state index in [0.29, 0.717) is 13.2 Å². The zero-order chi connectivity index (χ0) is 12.2. The molecule has 1 saturated heterocycles. The van der Waals surface area contributed by atoms with Gasteiger partial charge in [0.15, 0.2) is 0 Å². The van der Waals surface area contributed by atoms with E-state index in [-0.39, 0.29) is 5.60 Å². The Bertz CT molecular complexity index is 242. The summed E-state index contributed by atoms with van der Waals surface area (Å²) in [5, 5.41) is 5.95. The van der Waals surface area contributed by atoms with Gasteiger partial charge in [0.05, 0.1) is 18.8 Å². The van der Waals surface area contributed by atoms with Gasteiger partial charge in [-0.25, -0.2) is 4.79 Å². The molecule has 1 unspecified atom stereocenters. The molecule has 0 saturated carbocycles. The van der Waals surface area contributed by atoms with Gasteiger partial charge in [-0.1, -0.05) is 0 Å². The van der Waals surface area contributed by atoms with Crippen LogP contribution in [-0.2, 0) is 9.47 Å². The van der Waals surface area contributed by atoms with Crippen LogP contribution in [0.4, 0.5) is 4.79 Å². The minimum absolute atomic E-state index is 0.338. The summed E-state index contributed by atoms with van der Waals surface area (Å²) in [5.41, 5.74) is -0.800. The van der Waals surface area contributed by atoms with Crippen LogP contribution in [0.1, 0.15) is 27.7 Å². The fourth-order valence-corrected chi connectivity index (χ4v) is 1.46. The van der Waals surface area contributed by atoms with Crippen molar-refractivity contribution in [3.8, 4) is 0 Å². The molecule has 0 aromatic carbocycles. The first kappa shape index (κ1) is 13.3. The van der Waals surface area contributed by atoms with Gasteiger partial charge >= 0.3 is 6.09 Å². The quantitative estimate of drug-likeness (QED) is 0.739. The van der Waals surface area contributed by atoms with Crippen LogP contribution in [0.3, 0.4) is 0 Å². The lowest BCUT2D eigenvalue weighted by Crippen LogP contribution is -2.54. The summed E-state index contributed by atoms with van der Waals surface area (Å²) in [6.45, 7) is 10.2. The van der Waals surface area contributed by atoms with Crippen molar-refractivity contribution in [2.75, 3.05) is 26.2 Å². The minimum atomic E-state index is -0.462. The van der Waals surface area contributed by atoms with E-state index in [0.717, 1.165) is 13.1 Å². The third-order valence-electron chi connectivity index (χ3n) is 2.23. The third kappa shape index (κ3) is 4.81. The molecule has 0 bridgehead atoms. The first-order chi connectivity index (χ1) is 7.31. The van der Waals surface area contributed by atoms with Crippen molar-refractivity contribution in [2.24, 2.45) is 0 Å². The molecule has 1 atom stereocenters. The minimum Gasteiger partial charge on any atom is -0.444 e. The second-order valence-electron chi connectivity index (χ2n) is 5.33. The molecule has 1 aliphatic heterocycles. The molecular formula is C11H22N2O3. The van der Waals surface area contributed by atoms with E-state index >= 15 is 0 Å². The highest BCUT2D eigenvalue weighted by molar-refractivity contribution is 5.67. The van der Waals surface area contributed by atoms with Crippen LogP contribution in [0.25, 0.3) is 0 Å². The number of hydrogen-bond acceptors (Lipinski definition) is 4. The van der Waals surface area contributed by atoms with Crippen LogP contribution in [-0.4, -0.2) is 43.5 Å². The van der Waals surface area contributed by atoms with E-state index in [9.17, 15) is 4.79 Å². The Hall–Kier alpha value is -0.810. The largest absolute Gasteiger partial charge is 0.444 e. The van der Waals surface area contributed by atoms with Gasteiger partial charge in [-0.15, -0.1) is 0 Å². The summed E-state index contributed by atoms with van der Waals surface area (Å²) in [7, 11) is 0. The van der Waals surface area contributed by atoms with Crippen LogP contribution in [0.5, 0.6) is 0 Å². The smallest absolute Gasteiger partial charge is 0.407 e. The number of amides is 1. The predicted molar refractivity (Wildman–Crippen MR) is 61.5 cm³/mol. The van der Waals surface area contributed by atoms with Crippen LogP contribution in [0.2, 0.25) is 0 Å². The summed E-state index contributed by atoms with van der Waals surface area (Å²) in [6, 6.07) is 0. The first-order valence-corrected chi connectivity index (χ1v) is 5.62. The molecule has 1 heterocycles. The van der Waals surface area contributed by atoms with E-state index in [1.807, 2.05) is 27.7 Å². The lowest BCUT2D eigenvalue weighted by molar-refractivity contribution is -0.0517. The molecule has 1 aliphatic rings. The van der Waals surface area contributed by atoms with Crippen LogP contribution >= 0.6 is 0 Å². The zero-order valence-corrected chi connectivity index (χ0v) is 10.6. The summed E-state index contributed by atoms with van der Waals surface area (Å²) in [4.78, 5) is 11.4. The number of carbonyl (C=O) groups excluding carboxylic acids is 1. The second-order valence-corrected chi connectivity index (χ2v) is 5.33. The van der Waals surface area contributed by atoms with Crippen molar-refractivity contribution in [2.45, 2.75) is 38.9 Å². The summed E-state index contributed by atoms with van der Waals surface area (Å²) < 4.78 is 10.8. The molecule has 16 heavy (non-hydrogen) atoms. The standard InChI is InChI=1S/C11H22N2O3/c1-10(2,3)16-9(14)13-8-11(4)7-12-5-6-15-11/h12H,5-8H2,1-4H3,(H,13,14). The van der Waals surface area contributed by atoms with Gasteiger partial charge in [-0.2, -0.15) is 0 Å². The van der Waals surface area contributed by atoms with Crippen molar-refractivity contribution in [1.82, 2.24) is 10.6 Å². The lowest BCUT2D eigenvalue weighted by Gasteiger charge is -2.34. The molecule has 0 aliphatic carbocycles. The molecule has 1 fully saturated rings. The maximum atomic E-state index is 11.4. The molecule has 0 aromatic heterocycles. The molecule has 94 valence electrons. The number of morpholine rings is 1. The average Bonchev–Trinajstić information content (AvgIpc) is 2.14. The average molecular weight is 230 g/mol. The molecule has 5 heteroatoms. The van der Waals surface area contributed by atoms with Crippen molar-refractivity contribution in [3.63, 3.8) is 0 Å². The molecule has 5 nitrogen and oxygen atoms in total. The number of ether oxygens (including phenoxy) is 2. The van der Waals surface area contributed by atoms with Gasteiger partial charge in [0.2, 0.25) is 0 Å². The van der Waals surface area contributed by atoms with Crippen LogP contribution in [0.15, 0.2) is 0 Å². The van der Waals surface area contributed by atoms with Crippen molar-refractivity contribution >= 4 is 6.09 Å². The van der Waals surface area contributed by atoms with Gasteiger partial charge < -0.3 is 20.1 Å². The molecule has 0 aromatic rings. The Morgan fingerprint density at radius 2 is 2.25 bits per heavy atom. The maximum absolute atomic E-state index is 11.4. The van der Waals surface area contributed by atoms with Gasteiger partial charge in [-0.3, -0.25) is 0 Å². The van der Waals surface area contributed by atoms with E-state index in [4.69, 9.17) is 9.47 Å². The Morgan fingerprint density at radius 3 is 2.75 bits per heavy atom. The Balaban J connectivity index is 2.30. The monoisotopic (exact) mass is 230 g/mol. The fraction of sp³-hybridized carbons (Fsp3) is 0.909.